The average molecular weight is 383 g/mol. The second-order valence-electron chi connectivity index (χ2n) is 6.33. The number of anilines is 1. The van der Waals surface area contributed by atoms with Gasteiger partial charge in [0.2, 0.25) is 0 Å². The van der Waals surface area contributed by atoms with Gasteiger partial charge in [-0.25, -0.2) is 0 Å². The zero-order valence-electron chi connectivity index (χ0n) is 14.8. The molecule has 0 aliphatic heterocycles. The van der Waals surface area contributed by atoms with Crippen molar-refractivity contribution in [3.8, 4) is 0 Å². The number of nitro groups is 1. The van der Waals surface area contributed by atoms with E-state index in [0.717, 1.165) is 5.39 Å². The molecular weight excluding hydrogens is 366 g/mol. The lowest BCUT2D eigenvalue weighted by Gasteiger charge is -2.20. The molecule has 0 radical (unpaired) electrons. The minimum atomic E-state index is -1.56. The van der Waals surface area contributed by atoms with Crippen LogP contribution in [0.5, 0.6) is 0 Å². The number of nitrogens with zero attached hydrogens (tertiary/aromatic N) is 1. The molecule has 3 N–H and O–H groups in total. The Morgan fingerprint density at radius 1 is 1.14 bits per heavy atom. The molecule has 144 valence electrons. The van der Waals surface area contributed by atoms with Gasteiger partial charge in [0.25, 0.3) is 5.69 Å². The molecule has 2 amide bonds. The quantitative estimate of drug-likeness (QED) is 0.351. The summed E-state index contributed by atoms with van der Waals surface area (Å²) in [6.07, 6.45) is 0. The lowest BCUT2D eigenvalue weighted by atomic mass is 10.0. The van der Waals surface area contributed by atoms with E-state index in [2.05, 4.69) is 10.6 Å². The van der Waals surface area contributed by atoms with Gasteiger partial charge < -0.3 is 20.2 Å². The molecule has 1 unspecified atom stereocenters. The molecule has 0 bridgehead atoms. The van der Waals surface area contributed by atoms with E-state index in [-0.39, 0.29) is 23.7 Å². The Kier molecular flexibility index (Phi) is 5.10. The van der Waals surface area contributed by atoms with Crippen LogP contribution in [-0.2, 0) is 15.2 Å². The molecule has 0 saturated heterocycles. The van der Waals surface area contributed by atoms with Crippen molar-refractivity contribution in [3.63, 3.8) is 0 Å². The number of benzene rings is 2. The van der Waals surface area contributed by atoms with Crippen LogP contribution in [0, 0.1) is 10.1 Å². The van der Waals surface area contributed by atoms with Crippen LogP contribution >= 0.6 is 0 Å². The summed E-state index contributed by atoms with van der Waals surface area (Å²) in [7, 11) is 0. The van der Waals surface area contributed by atoms with Crippen molar-refractivity contribution in [2.24, 2.45) is 0 Å². The maximum atomic E-state index is 12.0. The highest BCUT2D eigenvalue weighted by Gasteiger charge is 2.29. The topological polar surface area (TPSA) is 135 Å². The number of amides is 2. The highest BCUT2D eigenvalue weighted by Crippen LogP contribution is 2.27. The Balaban J connectivity index is 1.66. The van der Waals surface area contributed by atoms with Gasteiger partial charge in [0.15, 0.2) is 0 Å². The van der Waals surface area contributed by atoms with Crippen LogP contribution in [0.3, 0.4) is 0 Å². The third kappa shape index (κ3) is 3.99. The van der Waals surface area contributed by atoms with Crippen molar-refractivity contribution in [1.82, 2.24) is 5.32 Å². The fourth-order valence-corrected chi connectivity index (χ4v) is 2.58. The molecule has 28 heavy (non-hydrogen) atoms. The van der Waals surface area contributed by atoms with E-state index in [4.69, 9.17) is 4.42 Å². The van der Waals surface area contributed by atoms with Crippen molar-refractivity contribution < 1.29 is 24.0 Å². The first-order valence-electron chi connectivity index (χ1n) is 8.32. The molecule has 0 fully saturated rings. The van der Waals surface area contributed by atoms with E-state index in [1.807, 2.05) is 12.1 Å². The van der Waals surface area contributed by atoms with E-state index in [1.165, 1.54) is 31.2 Å². The summed E-state index contributed by atoms with van der Waals surface area (Å²) in [5.41, 5.74) is -1.42. The molecular formula is C19H17N3O6. The molecule has 1 atom stereocenters. The second-order valence-corrected chi connectivity index (χ2v) is 6.33. The molecule has 9 heteroatoms. The second kappa shape index (κ2) is 7.49. The minimum Gasteiger partial charge on any atom is -0.458 e. The standard InChI is InChI=1S/C19H17N3O6/c1-19(25,16-10-12-6-2-5-9-15(12)28-16)11-20-17(23)18(24)21-13-7-3-4-8-14(13)22(26)27/h2-10,25H,11H2,1H3,(H,20,23)(H,21,24). The highest BCUT2D eigenvalue weighted by molar-refractivity contribution is 6.39. The Hall–Kier alpha value is -3.72. The fourth-order valence-electron chi connectivity index (χ4n) is 2.58. The maximum absolute atomic E-state index is 12.0. The molecule has 0 spiro atoms. The zero-order chi connectivity index (χ0) is 20.3. The summed E-state index contributed by atoms with van der Waals surface area (Å²) in [4.78, 5) is 34.4. The van der Waals surface area contributed by atoms with Crippen molar-refractivity contribution in [2.45, 2.75) is 12.5 Å². The number of carbonyl (C=O) groups excluding carboxylic acids is 2. The predicted molar refractivity (Wildman–Crippen MR) is 101 cm³/mol. The first kappa shape index (κ1) is 19.1. The van der Waals surface area contributed by atoms with E-state index >= 15 is 0 Å². The lowest BCUT2D eigenvalue weighted by Crippen LogP contribution is -2.43. The van der Waals surface area contributed by atoms with Crippen molar-refractivity contribution in [2.75, 3.05) is 11.9 Å². The van der Waals surface area contributed by atoms with Gasteiger partial charge in [-0.15, -0.1) is 0 Å². The number of carbonyl (C=O) groups is 2. The van der Waals surface area contributed by atoms with Crippen molar-refractivity contribution in [1.29, 1.82) is 0 Å². The van der Waals surface area contributed by atoms with E-state index < -0.39 is 22.3 Å². The number of rotatable bonds is 5. The van der Waals surface area contributed by atoms with Crippen molar-refractivity contribution in [3.05, 3.63) is 70.5 Å². The third-order valence-corrected chi connectivity index (χ3v) is 4.10. The summed E-state index contributed by atoms with van der Waals surface area (Å²) in [6, 6.07) is 14.3. The molecule has 9 nitrogen and oxygen atoms in total. The van der Waals surface area contributed by atoms with Crippen LogP contribution in [0.25, 0.3) is 11.0 Å². The first-order valence-corrected chi connectivity index (χ1v) is 8.32. The van der Waals surface area contributed by atoms with Crippen LogP contribution in [0.4, 0.5) is 11.4 Å². The molecule has 3 rings (SSSR count). The fraction of sp³-hybridized carbons (Fsp3) is 0.158. The van der Waals surface area contributed by atoms with Crippen LogP contribution in [0.15, 0.2) is 59.0 Å². The van der Waals surface area contributed by atoms with E-state index in [9.17, 15) is 24.8 Å². The number of hydrogen-bond acceptors (Lipinski definition) is 6. The maximum Gasteiger partial charge on any atom is 0.313 e. The SMILES string of the molecule is CC(O)(CNC(=O)C(=O)Nc1ccccc1[N+](=O)[O-])c1cc2ccccc2o1. The van der Waals surface area contributed by atoms with E-state index in [1.54, 1.807) is 18.2 Å². The van der Waals surface area contributed by atoms with Gasteiger partial charge in [0.1, 0.15) is 22.6 Å². The van der Waals surface area contributed by atoms with Gasteiger partial charge in [-0.1, -0.05) is 30.3 Å². The zero-order valence-corrected chi connectivity index (χ0v) is 14.8. The monoisotopic (exact) mass is 383 g/mol. The number of nitrogens with one attached hydrogen (secondary N) is 2. The number of furan rings is 1. The highest BCUT2D eigenvalue weighted by atomic mass is 16.6. The number of fused-ring (bicyclic) bond motifs is 1. The number of nitro benzene ring substituents is 1. The van der Waals surface area contributed by atoms with Gasteiger partial charge in [-0.05, 0) is 25.1 Å². The number of hydrogen-bond donors (Lipinski definition) is 3. The molecule has 0 saturated carbocycles. The normalized spacial score (nSPS) is 12.9. The Morgan fingerprint density at radius 3 is 2.54 bits per heavy atom. The average Bonchev–Trinajstić information content (AvgIpc) is 3.11. The largest absolute Gasteiger partial charge is 0.458 e. The third-order valence-electron chi connectivity index (χ3n) is 4.10. The molecule has 3 aromatic rings. The summed E-state index contributed by atoms with van der Waals surface area (Å²) in [6.45, 7) is 1.14. The van der Waals surface area contributed by atoms with Gasteiger partial charge in [-0.2, -0.15) is 0 Å². The minimum absolute atomic E-state index is 0.100. The molecule has 1 heterocycles. The Morgan fingerprint density at radius 2 is 1.82 bits per heavy atom. The van der Waals surface area contributed by atoms with Gasteiger partial charge in [-0.3, -0.25) is 19.7 Å². The van der Waals surface area contributed by atoms with Gasteiger partial charge in [0.05, 0.1) is 11.5 Å². The summed E-state index contributed by atoms with van der Waals surface area (Å²) < 4.78 is 5.59. The lowest BCUT2D eigenvalue weighted by molar-refractivity contribution is -0.383. The van der Waals surface area contributed by atoms with E-state index in [0.29, 0.717) is 5.58 Å². The summed E-state index contributed by atoms with van der Waals surface area (Å²) >= 11 is 0. The van der Waals surface area contributed by atoms with Crippen LogP contribution in [-0.4, -0.2) is 28.4 Å². The number of para-hydroxylation sites is 3. The van der Waals surface area contributed by atoms with Crippen molar-refractivity contribution >= 4 is 34.2 Å². The van der Waals surface area contributed by atoms with Gasteiger partial charge >= 0.3 is 11.8 Å². The molecule has 0 aliphatic carbocycles. The molecule has 1 aromatic heterocycles. The molecule has 0 aliphatic rings. The Labute approximate surface area is 159 Å². The first-order chi connectivity index (χ1) is 13.3. The van der Waals surface area contributed by atoms with Crippen LogP contribution in [0.1, 0.15) is 12.7 Å². The molecule has 2 aromatic carbocycles. The van der Waals surface area contributed by atoms with Crippen LogP contribution in [0.2, 0.25) is 0 Å². The Bertz CT molecular complexity index is 1020. The summed E-state index contributed by atoms with van der Waals surface area (Å²) in [5, 5.41) is 26.9. The predicted octanol–water partition coefficient (Wildman–Crippen LogP) is 2.30. The van der Waals surface area contributed by atoms with Gasteiger partial charge in [0, 0.05) is 11.5 Å². The smallest absolute Gasteiger partial charge is 0.313 e. The van der Waals surface area contributed by atoms with Crippen LogP contribution < -0.4 is 10.6 Å². The summed E-state index contributed by atoms with van der Waals surface area (Å²) in [5.74, 6) is -1.91. The number of aliphatic hydroxyl groups is 1.